The van der Waals surface area contributed by atoms with Crippen molar-refractivity contribution < 1.29 is 42.9 Å². The Morgan fingerprint density at radius 1 is 0.838 bits per heavy atom. The summed E-state index contributed by atoms with van der Waals surface area (Å²) in [6, 6.07) is 8.21. The lowest BCUT2D eigenvalue weighted by atomic mass is 9.97. The predicted molar refractivity (Wildman–Crippen MR) is 128 cm³/mol. The minimum absolute atomic E-state index is 0.296. The van der Waals surface area contributed by atoms with Gasteiger partial charge in [-0.1, -0.05) is 31.2 Å². The molecule has 0 aliphatic carbocycles. The molecule has 1 aromatic carbocycles. The molecule has 3 rings (SSSR count). The Bertz CT molecular complexity index is 1030. The Morgan fingerprint density at radius 2 is 1.41 bits per heavy atom. The first kappa shape index (κ1) is 27.9. The van der Waals surface area contributed by atoms with Crippen LogP contribution in [-0.2, 0) is 55.7 Å². The molecule has 1 aromatic rings. The maximum atomic E-state index is 12.0. The van der Waals surface area contributed by atoms with Gasteiger partial charge in [0, 0.05) is 46.0 Å². The number of ether oxygens (including phenoxy) is 5. The summed E-state index contributed by atoms with van der Waals surface area (Å²) < 4.78 is 27.7. The molecule has 37 heavy (non-hydrogen) atoms. The predicted octanol–water partition coefficient (Wildman–Crippen LogP) is 1.04. The molecular formula is C25H33N3O9. The molecule has 12 heteroatoms. The third kappa shape index (κ3) is 7.67. The highest BCUT2D eigenvalue weighted by atomic mass is 16.7. The molecule has 0 radical (unpaired) electrons. The van der Waals surface area contributed by atoms with Crippen molar-refractivity contribution in [3.63, 3.8) is 0 Å². The Hall–Kier alpha value is -3.64. The van der Waals surface area contributed by atoms with Crippen LogP contribution in [0.5, 0.6) is 0 Å². The molecular weight excluding hydrogens is 486 g/mol. The first-order valence-corrected chi connectivity index (χ1v) is 12.0. The lowest BCUT2D eigenvalue weighted by molar-refractivity contribution is -0.278. The highest BCUT2D eigenvalue weighted by Gasteiger charge is 2.54. The van der Waals surface area contributed by atoms with Crippen LogP contribution >= 0.6 is 0 Å². The van der Waals surface area contributed by atoms with E-state index in [0.29, 0.717) is 6.42 Å². The van der Waals surface area contributed by atoms with Crippen LogP contribution in [0, 0.1) is 0 Å². The Kier molecular flexibility index (Phi) is 9.48. The normalized spacial score (nSPS) is 24.9. The van der Waals surface area contributed by atoms with E-state index in [0.717, 1.165) is 17.7 Å². The third-order valence-corrected chi connectivity index (χ3v) is 5.71. The van der Waals surface area contributed by atoms with Crippen LogP contribution in [0.2, 0.25) is 0 Å². The summed E-state index contributed by atoms with van der Waals surface area (Å²) >= 11 is 0. The summed E-state index contributed by atoms with van der Waals surface area (Å²) in [5.41, 5.74) is 9.10. The molecule has 2 heterocycles. The molecule has 5 atom stereocenters. The molecule has 0 aromatic heterocycles. The number of hydrogen-bond donors (Lipinski definition) is 2. The van der Waals surface area contributed by atoms with E-state index in [1.165, 1.54) is 38.3 Å². The van der Waals surface area contributed by atoms with Gasteiger partial charge < -0.3 is 29.1 Å². The maximum Gasteiger partial charge on any atom is 0.303 e. The fourth-order valence-corrected chi connectivity index (χ4v) is 4.14. The van der Waals surface area contributed by atoms with Gasteiger partial charge in [0.25, 0.3) is 0 Å². The summed E-state index contributed by atoms with van der Waals surface area (Å²) in [6.07, 6.45) is -2.49. The summed E-state index contributed by atoms with van der Waals surface area (Å²) in [7, 11) is 0. The van der Waals surface area contributed by atoms with Gasteiger partial charge in [-0.05, 0) is 17.5 Å². The molecule has 0 bridgehead atoms. The van der Waals surface area contributed by atoms with Crippen molar-refractivity contribution in [1.82, 2.24) is 16.0 Å². The van der Waals surface area contributed by atoms with Crippen LogP contribution < -0.4 is 11.0 Å². The molecule has 0 saturated carbocycles. The van der Waals surface area contributed by atoms with Crippen LogP contribution in [0.1, 0.15) is 45.7 Å². The largest absolute Gasteiger partial charge is 0.463 e. The van der Waals surface area contributed by atoms with E-state index in [-0.39, 0.29) is 6.61 Å². The number of aryl methyl sites for hydroxylation is 1. The molecule has 2 N–H and O–H groups in total. The van der Waals surface area contributed by atoms with Crippen molar-refractivity contribution in [2.45, 2.75) is 78.1 Å². The number of nitrogens with zero attached hydrogens (tertiary/aromatic N) is 1. The number of nitrogens with one attached hydrogen (secondary N) is 2. The Morgan fingerprint density at radius 3 is 1.97 bits per heavy atom. The summed E-state index contributed by atoms with van der Waals surface area (Å²) in [5.74, 6) is -2.62. The third-order valence-electron chi connectivity index (χ3n) is 5.71. The van der Waals surface area contributed by atoms with E-state index >= 15 is 0 Å². The number of hydrogen-bond acceptors (Lipinski definition) is 12. The number of hydrazine groups is 2. The number of allylic oxidation sites excluding steroid dienone is 1. The number of rotatable bonds is 9. The zero-order valence-corrected chi connectivity index (χ0v) is 21.5. The smallest absolute Gasteiger partial charge is 0.303 e. The number of esters is 4. The molecule has 12 nitrogen and oxygen atoms in total. The molecule has 1 fully saturated rings. The van der Waals surface area contributed by atoms with Gasteiger partial charge in [0.15, 0.2) is 24.5 Å². The number of benzene rings is 1. The van der Waals surface area contributed by atoms with Crippen molar-refractivity contribution >= 4 is 23.9 Å². The van der Waals surface area contributed by atoms with Crippen LogP contribution in [0.25, 0.3) is 0 Å². The van der Waals surface area contributed by atoms with Gasteiger partial charge in [-0.3, -0.25) is 24.2 Å². The second kappa shape index (κ2) is 12.5. The lowest BCUT2D eigenvalue weighted by Crippen LogP contribution is -2.67. The average molecular weight is 520 g/mol. The van der Waals surface area contributed by atoms with E-state index in [2.05, 4.69) is 30.0 Å². The zero-order chi connectivity index (χ0) is 27.1. The summed E-state index contributed by atoms with van der Waals surface area (Å²) in [5, 5.41) is 1.52. The van der Waals surface area contributed by atoms with Gasteiger partial charge in [0.2, 0.25) is 0 Å². The molecule has 2 aliphatic rings. The second-order valence-electron chi connectivity index (χ2n) is 8.74. The van der Waals surface area contributed by atoms with E-state index in [1.54, 1.807) is 6.20 Å². The minimum atomic E-state index is -1.24. The fraction of sp³-hybridized carbons (Fsp3) is 0.520. The van der Waals surface area contributed by atoms with Crippen LogP contribution in [0.15, 0.2) is 36.2 Å². The van der Waals surface area contributed by atoms with Gasteiger partial charge in [-0.25, -0.2) is 0 Å². The van der Waals surface area contributed by atoms with Gasteiger partial charge in [0.05, 0.1) is 0 Å². The first-order valence-electron chi connectivity index (χ1n) is 12.0. The van der Waals surface area contributed by atoms with E-state index in [9.17, 15) is 19.2 Å². The number of carbonyl (C=O) groups excluding carboxylic acids is 4. The van der Waals surface area contributed by atoms with Gasteiger partial charge >= 0.3 is 23.9 Å². The molecule has 0 spiro atoms. The van der Waals surface area contributed by atoms with E-state index < -0.39 is 54.5 Å². The zero-order valence-electron chi connectivity index (χ0n) is 21.5. The van der Waals surface area contributed by atoms with Gasteiger partial charge in [-0.15, -0.1) is 5.53 Å². The van der Waals surface area contributed by atoms with Crippen molar-refractivity contribution in [3.05, 3.63) is 47.3 Å². The maximum absolute atomic E-state index is 12.0. The quantitative estimate of drug-likeness (QED) is 0.356. The summed E-state index contributed by atoms with van der Waals surface area (Å²) in [6.45, 7) is 6.57. The van der Waals surface area contributed by atoms with Crippen molar-refractivity contribution in [2.75, 3.05) is 6.61 Å². The highest BCUT2D eigenvalue weighted by Crippen LogP contribution is 2.31. The first-order chi connectivity index (χ1) is 17.6. The molecule has 202 valence electrons. The average Bonchev–Trinajstić information content (AvgIpc) is 3.28. The van der Waals surface area contributed by atoms with Crippen LogP contribution in [-0.4, -0.2) is 66.1 Å². The standard InChI is InChI=1S/C25H33N3O9/c1-6-18-7-9-19(10-8-18)11-20-12-28(27-26-20)25-24(36-17(5)32)23(35-16(4)31)22(34-15(3)30)21(37-25)13-33-14(2)29/h7-10,12,21-27H,6,11,13H2,1-5H3/t21?,22-,23?,24-,25?/m1/s1. The summed E-state index contributed by atoms with van der Waals surface area (Å²) in [4.78, 5) is 47.4. The lowest BCUT2D eigenvalue weighted by Gasteiger charge is -2.46. The molecule has 1 saturated heterocycles. The molecule has 2 aliphatic heterocycles. The van der Waals surface area contributed by atoms with Crippen molar-refractivity contribution in [2.24, 2.45) is 0 Å². The minimum Gasteiger partial charge on any atom is -0.463 e. The Labute approximate surface area is 215 Å². The molecule has 0 amide bonds. The van der Waals surface area contributed by atoms with Crippen molar-refractivity contribution in [3.8, 4) is 0 Å². The number of carbonyl (C=O) groups is 4. The van der Waals surface area contributed by atoms with Crippen molar-refractivity contribution in [1.29, 1.82) is 0 Å². The monoisotopic (exact) mass is 519 g/mol. The fourth-order valence-electron chi connectivity index (χ4n) is 4.14. The van der Waals surface area contributed by atoms with Gasteiger partial charge in [-0.2, -0.15) is 0 Å². The topological polar surface area (TPSA) is 142 Å². The Balaban J connectivity index is 1.91. The highest BCUT2D eigenvalue weighted by molar-refractivity contribution is 5.68. The van der Waals surface area contributed by atoms with Gasteiger partial charge in [0.1, 0.15) is 12.7 Å². The molecule has 3 unspecified atom stereocenters. The SMILES string of the molecule is CCc1ccc(CC2=CN(C3OC(COC(C)=O)[C@@H](OC(C)=O)C(OC(C)=O)[C@H]3OC(C)=O)NN2)cc1. The second-order valence-corrected chi connectivity index (χ2v) is 8.74. The van der Waals surface area contributed by atoms with E-state index in [4.69, 9.17) is 23.7 Å². The van der Waals surface area contributed by atoms with Crippen LogP contribution in [0.3, 0.4) is 0 Å². The van der Waals surface area contributed by atoms with E-state index in [1.807, 2.05) is 12.1 Å². The van der Waals surface area contributed by atoms with Crippen LogP contribution in [0.4, 0.5) is 0 Å².